The fraction of sp³-hybridized carbons (Fsp3) is 0.692. The first-order valence-electron chi connectivity index (χ1n) is 6.88. The van der Waals surface area contributed by atoms with Crippen molar-refractivity contribution in [2.75, 3.05) is 6.54 Å². The Morgan fingerprint density at radius 2 is 2.24 bits per heavy atom. The van der Waals surface area contributed by atoms with Crippen LogP contribution in [0.3, 0.4) is 0 Å². The Morgan fingerprint density at radius 3 is 2.71 bits per heavy atom. The van der Waals surface area contributed by atoms with Gasteiger partial charge >= 0.3 is 11.8 Å². The number of hydrogen-bond donors (Lipinski definition) is 1. The Morgan fingerprint density at radius 1 is 1.57 bits per heavy atom. The zero-order chi connectivity index (χ0) is 16.0. The number of amides is 1. The Bertz CT molecular complexity index is 493. The summed E-state index contributed by atoms with van der Waals surface area (Å²) < 4.78 is 6.70. The molecule has 21 heavy (non-hydrogen) atoms. The maximum absolute atomic E-state index is 11.5. The van der Waals surface area contributed by atoms with Crippen molar-refractivity contribution in [1.29, 1.82) is 0 Å². The number of carbonyl (C=O) groups excluding carboxylic acids is 1. The van der Waals surface area contributed by atoms with Crippen LogP contribution in [0.25, 0.3) is 0 Å². The molecule has 8 heteroatoms. The van der Waals surface area contributed by atoms with Gasteiger partial charge in [-0.2, -0.15) is 5.10 Å². The lowest BCUT2D eigenvalue weighted by Gasteiger charge is -2.20. The second-order valence-electron chi connectivity index (χ2n) is 5.72. The van der Waals surface area contributed by atoms with Crippen LogP contribution in [0.2, 0.25) is 0 Å². The van der Waals surface area contributed by atoms with Crippen LogP contribution in [0.15, 0.2) is 12.4 Å². The number of carbonyl (C=O) groups is 1. The number of ether oxygens (including phenoxy) is 1. The summed E-state index contributed by atoms with van der Waals surface area (Å²) in [5.74, 6) is 0. The van der Waals surface area contributed by atoms with E-state index in [1.165, 1.54) is 12.4 Å². The standard InChI is InChI=1S/C13H22N4O4/c1-5-10(16-9-11(8-15-16)17(19)20)6-7-14-12(18)21-13(2,3)4/h8-10H,5-7H2,1-4H3,(H,14,18). The van der Waals surface area contributed by atoms with Crippen molar-refractivity contribution in [2.24, 2.45) is 0 Å². The molecule has 1 unspecified atom stereocenters. The van der Waals surface area contributed by atoms with Crippen LogP contribution < -0.4 is 5.32 Å². The Labute approximate surface area is 123 Å². The van der Waals surface area contributed by atoms with Crippen molar-refractivity contribution in [3.05, 3.63) is 22.5 Å². The maximum Gasteiger partial charge on any atom is 0.407 e. The Kier molecular flexibility index (Phi) is 5.69. The smallest absolute Gasteiger partial charge is 0.407 e. The highest BCUT2D eigenvalue weighted by Crippen LogP contribution is 2.18. The van der Waals surface area contributed by atoms with Crippen LogP contribution in [0.1, 0.15) is 46.6 Å². The molecule has 8 nitrogen and oxygen atoms in total. The quantitative estimate of drug-likeness (QED) is 0.643. The van der Waals surface area contributed by atoms with E-state index in [1.807, 2.05) is 6.92 Å². The lowest BCUT2D eigenvalue weighted by Crippen LogP contribution is -2.33. The molecule has 1 heterocycles. The molecule has 0 saturated carbocycles. The summed E-state index contributed by atoms with van der Waals surface area (Å²) >= 11 is 0. The van der Waals surface area contributed by atoms with Gasteiger partial charge in [0.2, 0.25) is 0 Å². The van der Waals surface area contributed by atoms with Gasteiger partial charge in [-0.3, -0.25) is 14.8 Å². The first kappa shape index (κ1) is 16.9. The third-order valence-corrected chi connectivity index (χ3v) is 2.79. The SMILES string of the molecule is CCC(CCNC(=O)OC(C)(C)C)n1cc([N+](=O)[O-])cn1. The van der Waals surface area contributed by atoms with Crippen LogP contribution in [0.5, 0.6) is 0 Å². The Hall–Kier alpha value is -2.12. The molecule has 1 N–H and O–H groups in total. The molecule has 0 radical (unpaired) electrons. The number of rotatable bonds is 6. The van der Waals surface area contributed by atoms with E-state index in [9.17, 15) is 14.9 Å². The predicted octanol–water partition coefficient (Wildman–Crippen LogP) is 2.66. The largest absolute Gasteiger partial charge is 0.444 e. The van der Waals surface area contributed by atoms with Gasteiger partial charge in [0.15, 0.2) is 0 Å². The van der Waals surface area contributed by atoms with Gasteiger partial charge in [0.1, 0.15) is 18.0 Å². The highest BCUT2D eigenvalue weighted by molar-refractivity contribution is 5.67. The molecule has 0 aliphatic heterocycles. The lowest BCUT2D eigenvalue weighted by atomic mass is 10.1. The zero-order valence-corrected chi connectivity index (χ0v) is 12.8. The molecule has 1 atom stereocenters. The van der Waals surface area contributed by atoms with Crippen molar-refractivity contribution in [2.45, 2.75) is 52.2 Å². The normalized spacial score (nSPS) is 12.8. The Balaban J connectivity index is 2.47. The number of nitro groups is 1. The van der Waals surface area contributed by atoms with Gasteiger partial charge in [0.25, 0.3) is 0 Å². The van der Waals surface area contributed by atoms with Crippen molar-refractivity contribution in [3.63, 3.8) is 0 Å². The van der Waals surface area contributed by atoms with E-state index in [2.05, 4.69) is 10.4 Å². The van der Waals surface area contributed by atoms with Gasteiger partial charge in [-0.05, 0) is 33.6 Å². The van der Waals surface area contributed by atoms with Crippen molar-refractivity contribution in [1.82, 2.24) is 15.1 Å². The molecule has 0 bridgehead atoms. The predicted molar refractivity (Wildman–Crippen MR) is 77.1 cm³/mol. The van der Waals surface area contributed by atoms with Crippen molar-refractivity contribution >= 4 is 11.8 Å². The summed E-state index contributed by atoms with van der Waals surface area (Å²) in [5, 5.41) is 17.3. The highest BCUT2D eigenvalue weighted by atomic mass is 16.6. The third-order valence-electron chi connectivity index (χ3n) is 2.79. The van der Waals surface area contributed by atoms with E-state index in [-0.39, 0.29) is 11.7 Å². The average molecular weight is 298 g/mol. The zero-order valence-electron chi connectivity index (χ0n) is 12.8. The fourth-order valence-corrected chi connectivity index (χ4v) is 1.80. The molecule has 0 aliphatic carbocycles. The van der Waals surface area contributed by atoms with Crippen LogP contribution >= 0.6 is 0 Å². The first-order chi connectivity index (χ1) is 9.73. The summed E-state index contributed by atoms with van der Waals surface area (Å²) in [4.78, 5) is 21.7. The summed E-state index contributed by atoms with van der Waals surface area (Å²) in [6.45, 7) is 7.77. The van der Waals surface area contributed by atoms with Gasteiger partial charge in [0, 0.05) is 6.54 Å². The minimum absolute atomic E-state index is 0.00589. The molecule has 0 spiro atoms. The summed E-state index contributed by atoms with van der Waals surface area (Å²) in [6.07, 6.45) is 3.54. The molecule has 0 fully saturated rings. The van der Waals surface area contributed by atoms with E-state index >= 15 is 0 Å². The van der Waals surface area contributed by atoms with Crippen molar-refractivity contribution < 1.29 is 14.5 Å². The van der Waals surface area contributed by atoms with E-state index in [4.69, 9.17) is 4.74 Å². The van der Waals surface area contributed by atoms with E-state index in [1.54, 1.807) is 25.5 Å². The summed E-state index contributed by atoms with van der Waals surface area (Å²) in [7, 11) is 0. The minimum atomic E-state index is -0.531. The molecule has 0 aromatic carbocycles. The molecule has 0 aliphatic rings. The van der Waals surface area contributed by atoms with Crippen LogP contribution in [0, 0.1) is 10.1 Å². The van der Waals surface area contributed by atoms with Crippen LogP contribution in [0.4, 0.5) is 10.5 Å². The van der Waals surface area contributed by atoms with Crippen LogP contribution in [-0.4, -0.2) is 32.9 Å². The molecular weight excluding hydrogens is 276 g/mol. The number of aromatic nitrogens is 2. The minimum Gasteiger partial charge on any atom is -0.444 e. The lowest BCUT2D eigenvalue weighted by molar-refractivity contribution is -0.385. The molecular formula is C13H22N4O4. The molecule has 0 saturated heterocycles. The monoisotopic (exact) mass is 298 g/mol. The number of nitrogens with one attached hydrogen (secondary N) is 1. The first-order valence-corrected chi connectivity index (χ1v) is 6.88. The summed E-state index contributed by atoms with van der Waals surface area (Å²) in [5.41, 5.74) is -0.565. The molecule has 1 aromatic heterocycles. The summed E-state index contributed by atoms with van der Waals surface area (Å²) in [6, 6.07) is -0.00589. The second kappa shape index (κ2) is 7.05. The molecule has 1 rings (SSSR count). The van der Waals surface area contributed by atoms with E-state index in [0.29, 0.717) is 13.0 Å². The highest BCUT2D eigenvalue weighted by Gasteiger charge is 2.18. The maximum atomic E-state index is 11.5. The van der Waals surface area contributed by atoms with Crippen molar-refractivity contribution in [3.8, 4) is 0 Å². The van der Waals surface area contributed by atoms with Gasteiger partial charge < -0.3 is 10.1 Å². The third kappa shape index (κ3) is 5.80. The van der Waals surface area contributed by atoms with Gasteiger partial charge in [-0.25, -0.2) is 4.79 Å². The number of nitrogens with zero attached hydrogens (tertiary/aromatic N) is 3. The van der Waals surface area contributed by atoms with Gasteiger partial charge in [-0.15, -0.1) is 0 Å². The number of alkyl carbamates (subject to hydrolysis) is 1. The number of hydrogen-bond acceptors (Lipinski definition) is 5. The average Bonchev–Trinajstić information content (AvgIpc) is 2.82. The molecule has 1 aromatic rings. The van der Waals surface area contributed by atoms with Gasteiger partial charge in [0.05, 0.1) is 11.0 Å². The van der Waals surface area contributed by atoms with E-state index < -0.39 is 16.6 Å². The molecule has 1 amide bonds. The fourth-order valence-electron chi connectivity index (χ4n) is 1.80. The topological polar surface area (TPSA) is 99.3 Å². The van der Waals surface area contributed by atoms with Gasteiger partial charge in [-0.1, -0.05) is 6.92 Å². The van der Waals surface area contributed by atoms with E-state index in [0.717, 1.165) is 6.42 Å². The second-order valence-corrected chi connectivity index (χ2v) is 5.72. The molecule has 118 valence electrons. The van der Waals surface area contributed by atoms with Crippen LogP contribution in [-0.2, 0) is 4.74 Å².